The predicted octanol–water partition coefficient (Wildman–Crippen LogP) is 2.07. The second kappa shape index (κ2) is 8.19. The van der Waals surface area contributed by atoms with Crippen molar-refractivity contribution in [2.75, 3.05) is 7.05 Å². The topological polar surface area (TPSA) is 50.4 Å². The maximum atomic E-state index is 12.1. The summed E-state index contributed by atoms with van der Waals surface area (Å²) in [5, 5.41) is 3.01. The molecule has 1 amide bonds. The molecule has 4 nitrogen and oxygen atoms in total. The molecular formula is C17H20N2O2. The van der Waals surface area contributed by atoms with Crippen LogP contribution in [0, 0.1) is 0 Å². The van der Waals surface area contributed by atoms with Crippen molar-refractivity contribution in [1.82, 2.24) is 10.8 Å². The summed E-state index contributed by atoms with van der Waals surface area (Å²) in [7, 11) is 1.77. The lowest BCUT2D eigenvalue weighted by Crippen LogP contribution is -2.43. The average molecular weight is 284 g/mol. The van der Waals surface area contributed by atoms with Crippen LogP contribution in [0.3, 0.4) is 0 Å². The third kappa shape index (κ3) is 5.02. The van der Waals surface area contributed by atoms with E-state index < -0.39 is 0 Å². The number of amides is 1. The number of carbonyl (C=O) groups is 1. The van der Waals surface area contributed by atoms with Gasteiger partial charge in [0.2, 0.25) is 0 Å². The molecule has 0 saturated carbocycles. The van der Waals surface area contributed by atoms with E-state index in [0.717, 1.165) is 11.1 Å². The maximum Gasteiger partial charge on any atom is 0.260 e. The minimum atomic E-state index is -0.317. The Hall–Kier alpha value is -2.17. The molecule has 21 heavy (non-hydrogen) atoms. The van der Waals surface area contributed by atoms with Crippen LogP contribution in [0.15, 0.2) is 60.7 Å². The lowest BCUT2D eigenvalue weighted by atomic mass is 10.1. The first kappa shape index (κ1) is 15.2. The maximum absolute atomic E-state index is 12.1. The molecule has 0 aliphatic carbocycles. The monoisotopic (exact) mass is 284 g/mol. The lowest BCUT2D eigenvalue weighted by Gasteiger charge is -2.16. The summed E-state index contributed by atoms with van der Waals surface area (Å²) < 4.78 is 0. The van der Waals surface area contributed by atoms with E-state index in [1.807, 2.05) is 60.7 Å². The molecule has 2 aromatic carbocycles. The van der Waals surface area contributed by atoms with Crippen molar-refractivity contribution in [2.24, 2.45) is 0 Å². The van der Waals surface area contributed by atoms with E-state index in [9.17, 15) is 4.79 Å². The molecule has 0 aromatic heterocycles. The summed E-state index contributed by atoms with van der Waals surface area (Å²) in [6, 6.07) is 19.3. The number of likely N-dealkylation sites (N-methyl/N-ethyl adjacent to an activating group) is 1. The van der Waals surface area contributed by atoms with Crippen LogP contribution in [0.4, 0.5) is 0 Å². The Bertz CT molecular complexity index is 543. The number of hydrogen-bond donors (Lipinski definition) is 2. The van der Waals surface area contributed by atoms with Crippen molar-refractivity contribution in [3.05, 3.63) is 71.8 Å². The zero-order valence-corrected chi connectivity index (χ0v) is 12.1. The summed E-state index contributed by atoms with van der Waals surface area (Å²) in [6.45, 7) is 0.356. The van der Waals surface area contributed by atoms with Crippen LogP contribution in [0.5, 0.6) is 0 Å². The Morgan fingerprint density at radius 1 is 1.00 bits per heavy atom. The number of carbonyl (C=O) groups excluding carboxylic acids is 1. The molecule has 2 aromatic rings. The first-order chi connectivity index (χ1) is 10.3. The summed E-state index contributed by atoms with van der Waals surface area (Å²) in [5.41, 5.74) is 4.62. The van der Waals surface area contributed by atoms with Gasteiger partial charge in [-0.15, -0.1) is 0 Å². The number of rotatable bonds is 7. The highest BCUT2D eigenvalue weighted by Crippen LogP contribution is 2.04. The standard InChI is InChI=1S/C17H20N2O2/c1-18-16(12-14-8-4-2-5-9-14)17(20)19-21-13-15-10-6-3-7-11-15/h2-11,16,18H,12-13H2,1H3,(H,19,20)/t16-/m0/s1. The summed E-state index contributed by atoms with van der Waals surface area (Å²) >= 11 is 0. The highest BCUT2D eigenvalue weighted by atomic mass is 16.6. The zero-order valence-electron chi connectivity index (χ0n) is 12.1. The van der Waals surface area contributed by atoms with Gasteiger partial charge in [0.05, 0.1) is 12.6 Å². The fourth-order valence-electron chi connectivity index (χ4n) is 2.01. The molecule has 0 aliphatic rings. The van der Waals surface area contributed by atoms with Crippen molar-refractivity contribution in [3.63, 3.8) is 0 Å². The molecule has 2 rings (SSSR count). The fraction of sp³-hybridized carbons (Fsp3) is 0.235. The molecule has 0 spiro atoms. The van der Waals surface area contributed by atoms with E-state index >= 15 is 0 Å². The van der Waals surface area contributed by atoms with Gasteiger partial charge in [0.25, 0.3) is 5.91 Å². The normalized spacial score (nSPS) is 11.9. The van der Waals surface area contributed by atoms with Gasteiger partial charge in [0.1, 0.15) is 0 Å². The average Bonchev–Trinajstić information content (AvgIpc) is 2.54. The van der Waals surface area contributed by atoms with Crippen molar-refractivity contribution >= 4 is 5.91 Å². The predicted molar refractivity (Wildman–Crippen MR) is 82.4 cm³/mol. The summed E-state index contributed by atoms with van der Waals surface area (Å²) in [4.78, 5) is 17.3. The molecule has 0 saturated heterocycles. The van der Waals surface area contributed by atoms with E-state index in [1.54, 1.807) is 7.05 Å². The van der Waals surface area contributed by atoms with E-state index in [4.69, 9.17) is 4.84 Å². The SMILES string of the molecule is CN[C@@H](Cc1ccccc1)C(=O)NOCc1ccccc1. The Kier molecular flexibility index (Phi) is 5.94. The Labute approximate surface area is 125 Å². The van der Waals surface area contributed by atoms with Crippen LogP contribution >= 0.6 is 0 Å². The molecule has 0 bridgehead atoms. The molecule has 0 radical (unpaired) electrons. The van der Waals surface area contributed by atoms with Crippen LogP contribution < -0.4 is 10.8 Å². The van der Waals surface area contributed by atoms with Gasteiger partial charge in [0, 0.05) is 0 Å². The zero-order chi connectivity index (χ0) is 14.9. The lowest BCUT2D eigenvalue weighted by molar-refractivity contribution is -0.136. The van der Waals surface area contributed by atoms with Gasteiger partial charge in [0.15, 0.2) is 0 Å². The first-order valence-electron chi connectivity index (χ1n) is 6.96. The van der Waals surface area contributed by atoms with Crippen molar-refractivity contribution in [1.29, 1.82) is 0 Å². The van der Waals surface area contributed by atoms with Gasteiger partial charge < -0.3 is 5.32 Å². The third-order valence-corrected chi connectivity index (χ3v) is 3.20. The van der Waals surface area contributed by atoms with Crippen LogP contribution in [-0.4, -0.2) is 19.0 Å². The van der Waals surface area contributed by atoms with Crippen LogP contribution in [-0.2, 0) is 22.7 Å². The highest BCUT2D eigenvalue weighted by Gasteiger charge is 2.16. The molecule has 0 unspecified atom stereocenters. The number of hydroxylamine groups is 1. The minimum Gasteiger partial charge on any atom is -0.309 e. The van der Waals surface area contributed by atoms with Gasteiger partial charge >= 0.3 is 0 Å². The van der Waals surface area contributed by atoms with E-state index in [2.05, 4.69) is 10.8 Å². The number of benzene rings is 2. The van der Waals surface area contributed by atoms with Crippen molar-refractivity contribution in [2.45, 2.75) is 19.1 Å². The van der Waals surface area contributed by atoms with Crippen molar-refractivity contribution in [3.8, 4) is 0 Å². The Morgan fingerprint density at radius 2 is 1.57 bits per heavy atom. The van der Waals surface area contributed by atoms with Crippen molar-refractivity contribution < 1.29 is 9.63 Å². The van der Waals surface area contributed by atoms with E-state index in [-0.39, 0.29) is 11.9 Å². The summed E-state index contributed by atoms with van der Waals surface area (Å²) in [5.74, 6) is -0.169. The Morgan fingerprint density at radius 3 is 2.14 bits per heavy atom. The van der Waals surface area contributed by atoms with Gasteiger partial charge in [-0.05, 0) is 24.6 Å². The van der Waals surface area contributed by atoms with E-state index in [0.29, 0.717) is 13.0 Å². The fourth-order valence-corrected chi connectivity index (χ4v) is 2.01. The van der Waals surface area contributed by atoms with E-state index in [1.165, 1.54) is 0 Å². The van der Waals surface area contributed by atoms with Gasteiger partial charge in [-0.2, -0.15) is 0 Å². The highest BCUT2D eigenvalue weighted by molar-refractivity contribution is 5.81. The molecule has 4 heteroatoms. The second-order valence-corrected chi connectivity index (χ2v) is 4.77. The molecule has 2 N–H and O–H groups in total. The van der Waals surface area contributed by atoms with Crippen LogP contribution in [0.25, 0.3) is 0 Å². The Balaban J connectivity index is 1.80. The van der Waals surface area contributed by atoms with Gasteiger partial charge in [-0.3, -0.25) is 9.63 Å². The van der Waals surface area contributed by atoms with Crippen LogP contribution in [0.1, 0.15) is 11.1 Å². The molecule has 110 valence electrons. The molecular weight excluding hydrogens is 264 g/mol. The van der Waals surface area contributed by atoms with Gasteiger partial charge in [-0.1, -0.05) is 60.7 Å². The summed E-state index contributed by atoms with van der Waals surface area (Å²) in [6.07, 6.45) is 0.623. The van der Waals surface area contributed by atoms with Gasteiger partial charge in [-0.25, -0.2) is 5.48 Å². The molecule has 1 atom stereocenters. The number of nitrogens with one attached hydrogen (secondary N) is 2. The minimum absolute atomic E-state index is 0.169. The van der Waals surface area contributed by atoms with Crippen LogP contribution in [0.2, 0.25) is 0 Å². The largest absolute Gasteiger partial charge is 0.309 e. The molecule has 0 heterocycles. The molecule has 0 fully saturated rings. The molecule has 0 aliphatic heterocycles. The number of hydrogen-bond acceptors (Lipinski definition) is 3. The first-order valence-corrected chi connectivity index (χ1v) is 6.96. The smallest absolute Gasteiger partial charge is 0.260 e. The second-order valence-electron chi connectivity index (χ2n) is 4.77. The third-order valence-electron chi connectivity index (χ3n) is 3.20. The quantitative estimate of drug-likeness (QED) is 0.765.